The third-order valence-corrected chi connectivity index (χ3v) is 9.92. The molecule has 1 saturated carbocycles. The Morgan fingerprint density at radius 1 is 0.857 bits per heavy atom. The predicted octanol–water partition coefficient (Wildman–Crippen LogP) is 4.99. The molecule has 7 rings (SSSR count). The minimum Gasteiger partial charge on any atom is -0.505 e. The lowest BCUT2D eigenvalue weighted by Crippen LogP contribution is -2.58. The smallest absolute Gasteiger partial charge is 0.233 e. The highest BCUT2D eigenvalue weighted by Crippen LogP contribution is 2.64. The molecule has 7 heteroatoms. The van der Waals surface area contributed by atoms with Crippen LogP contribution in [0.1, 0.15) is 35.4 Å². The van der Waals surface area contributed by atoms with Crippen molar-refractivity contribution in [1.82, 2.24) is 4.90 Å². The fraction of sp³-hybridized carbons (Fsp3) is 0.257. The number of hydrogen-bond donors (Lipinski definition) is 1. The van der Waals surface area contributed by atoms with Crippen molar-refractivity contribution in [2.75, 3.05) is 7.05 Å². The van der Waals surface area contributed by atoms with Gasteiger partial charge in [0.25, 0.3) is 0 Å². The number of hydrogen-bond acceptors (Lipinski definition) is 5. The van der Waals surface area contributed by atoms with Gasteiger partial charge in [-0.3, -0.25) is 24.1 Å². The lowest BCUT2D eigenvalue weighted by Gasteiger charge is -2.55. The zero-order valence-electron chi connectivity index (χ0n) is 22.9. The van der Waals surface area contributed by atoms with E-state index in [2.05, 4.69) is 0 Å². The molecule has 2 fully saturated rings. The molecule has 0 bridgehead atoms. The first-order chi connectivity index (χ1) is 20.3. The van der Waals surface area contributed by atoms with Crippen LogP contribution in [0, 0.1) is 29.5 Å². The Morgan fingerprint density at radius 3 is 2.26 bits per heavy atom. The summed E-state index contributed by atoms with van der Waals surface area (Å²) in [4.78, 5) is 57.1. The lowest BCUT2D eigenvalue weighted by atomic mass is 9.44. The SMILES string of the molecule is CN1C(=O)[C@H]2[C@H](CC=C3[C@H]2C[C@H]2C(=O)C(c4ccccc4)=CC(=O)[C@@]2(c2ccccc2)[C@H]3c2cccc(F)c2O)C1=O. The number of benzene rings is 3. The number of carbonyl (C=O) groups is 4. The van der Waals surface area contributed by atoms with Gasteiger partial charge in [0, 0.05) is 30.0 Å². The highest BCUT2D eigenvalue weighted by molar-refractivity contribution is 6.31. The molecule has 4 aliphatic rings. The van der Waals surface area contributed by atoms with Gasteiger partial charge in [0.2, 0.25) is 11.8 Å². The minimum atomic E-state index is -1.51. The maximum absolute atomic E-state index is 15.0. The van der Waals surface area contributed by atoms with Crippen molar-refractivity contribution in [1.29, 1.82) is 0 Å². The molecule has 1 N–H and O–H groups in total. The number of ketones is 2. The quantitative estimate of drug-likeness (QED) is 0.360. The molecule has 0 unspecified atom stereocenters. The maximum atomic E-state index is 15.0. The number of carbonyl (C=O) groups excluding carboxylic acids is 4. The van der Waals surface area contributed by atoms with Crippen LogP contribution in [-0.4, -0.2) is 40.4 Å². The Labute approximate surface area is 242 Å². The van der Waals surface area contributed by atoms with Gasteiger partial charge in [-0.15, -0.1) is 0 Å². The number of para-hydroxylation sites is 1. The molecule has 1 saturated heterocycles. The summed E-state index contributed by atoms with van der Waals surface area (Å²) in [6, 6.07) is 22.2. The second-order valence-corrected chi connectivity index (χ2v) is 11.7. The van der Waals surface area contributed by atoms with Crippen molar-refractivity contribution in [3.63, 3.8) is 0 Å². The summed E-state index contributed by atoms with van der Waals surface area (Å²) in [5.74, 6) is -6.29. The number of likely N-dealkylation sites (tertiary alicyclic amines) is 1. The summed E-state index contributed by atoms with van der Waals surface area (Å²) in [6.45, 7) is 0. The number of imide groups is 1. The molecule has 6 atom stereocenters. The third kappa shape index (κ3) is 3.43. The van der Waals surface area contributed by atoms with Crippen LogP contribution in [0.3, 0.4) is 0 Å². The normalized spacial score (nSPS) is 30.3. The number of amides is 2. The molecule has 0 aromatic heterocycles. The van der Waals surface area contributed by atoms with Gasteiger partial charge < -0.3 is 5.11 Å². The summed E-state index contributed by atoms with van der Waals surface area (Å²) < 4.78 is 15.0. The summed E-state index contributed by atoms with van der Waals surface area (Å²) in [7, 11) is 1.47. The first-order valence-corrected chi connectivity index (χ1v) is 14.2. The van der Waals surface area contributed by atoms with Crippen LogP contribution in [0.5, 0.6) is 5.75 Å². The van der Waals surface area contributed by atoms with E-state index in [1.807, 2.05) is 18.2 Å². The molecular formula is C35H28FNO5. The summed E-state index contributed by atoms with van der Waals surface area (Å²) in [5, 5.41) is 11.2. The van der Waals surface area contributed by atoms with Crippen molar-refractivity contribution >= 4 is 29.0 Å². The van der Waals surface area contributed by atoms with E-state index in [1.54, 1.807) is 54.6 Å². The van der Waals surface area contributed by atoms with Crippen molar-refractivity contribution in [3.05, 3.63) is 119 Å². The Hall–Kier alpha value is -4.65. The van der Waals surface area contributed by atoms with Crippen LogP contribution >= 0.6 is 0 Å². The molecule has 2 amide bonds. The van der Waals surface area contributed by atoms with Gasteiger partial charge in [-0.2, -0.15) is 0 Å². The Bertz CT molecular complexity index is 1730. The van der Waals surface area contributed by atoms with Gasteiger partial charge in [0.1, 0.15) is 0 Å². The number of fused-ring (bicyclic) bond motifs is 4. The van der Waals surface area contributed by atoms with Gasteiger partial charge in [0.05, 0.1) is 17.3 Å². The largest absolute Gasteiger partial charge is 0.505 e. The van der Waals surface area contributed by atoms with Gasteiger partial charge in [-0.05, 0) is 42.0 Å². The zero-order chi connectivity index (χ0) is 29.3. The van der Waals surface area contributed by atoms with Gasteiger partial charge >= 0.3 is 0 Å². The van der Waals surface area contributed by atoms with E-state index >= 15 is 4.39 Å². The summed E-state index contributed by atoms with van der Waals surface area (Å²) in [6.07, 6.45) is 3.73. The highest BCUT2D eigenvalue weighted by atomic mass is 19.1. The Kier molecular flexibility index (Phi) is 5.91. The van der Waals surface area contributed by atoms with Gasteiger partial charge in [-0.25, -0.2) is 4.39 Å². The number of phenolic OH excluding ortho intramolecular Hbond substituents is 1. The maximum Gasteiger partial charge on any atom is 0.233 e. The molecule has 3 aromatic rings. The van der Waals surface area contributed by atoms with E-state index in [0.29, 0.717) is 16.7 Å². The number of halogens is 1. The number of allylic oxidation sites excluding steroid dienone is 4. The number of nitrogens with zero attached hydrogens (tertiary/aromatic N) is 1. The van der Waals surface area contributed by atoms with Crippen molar-refractivity contribution < 1.29 is 28.7 Å². The second-order valence-electron chi connectivity index (χ2n) is 11.7. The zero-order valence-corrected chi connectivity index (χ0v) is 22.9. The van der Waals surface area contributed by atoms with Crippen molar-refractivity contribution in [2.45, 2.75) is 24.2 Å². The minimum absolute atomic E-state index is 0.163. The standard InChI is InChI=1S/C35H28FNO5/c1-37-33(41)22-16-15-21-25(29(22)34(37)42)17-26-31(39)24(19-9-4-2-5-10-19)18-28(38)35(26,20-11-6-3-7-12-20)30(21)23-13-8-14-27(36)32(23)40/h2-15,18,22,25-26,29-30,40H,16-17H2,1H3/t22-,25+,26-,29-,30+,35-/m0/s1. The molecule has 3 aromatic carbocycles. The van der Waals surface area contributed by atoms with Gasteiger partial charge in [-0.1, -0.05) is 84.4 Å². The fourth-order valence-corrected chi connectivity index (χ4v) is 8.14. The number of Topliss-reactive ketones (excluding diaryl/α,β-unsaturated/α-hetero) is 1. The highest BCUT2D eigenvalue weighted by Gasteiger charge is 2.66. The first kappa shape index (κ1) is 26.3. The van der Waals surface area contributed by atoms with E-state index in [9.17, 15) is 24.3 Å². The lowest BCUT2D eigenvalue weighted by molar-refractivity contribution is -0.139. The topological polar surface area (TPSA) is 91.8 Å². The molecule has 1 heterocycles. The second kappa shape index (κ2) is 9.44. The van der Waals surface area contributed by atoms with Crippen LogP contribution in [0.15, 0.2) is 96.6 Å². The van der Waals surface area contributed by atoms with Crippen LogP contribution in [0.2, 0.25) is 0 Å². The third-order valence-electron chi connectivity index (χ3n) is 9.92. The fourth-order valence-electron chi connectivity index (χ4n) is 8.14. The average Bonchev–Trinajstić information content (AvgIpc) is 3.24. The van der Waals surface area contributed by atoms with Crippen LogP contribution in [0.25, 0.3) is 5.57 Å². The van der Waals surface area contributed by atoms with E-state index in [0.717, 1.165) is 11.0 Å². The summed E-state index contributed by atoms with van der Waals surface area (Å²) in [5.41, 5.74) is 0.835. The van der Waals surface area contributed by atoms with E-state index in [-0.39, 0.29) is 47.4 Å². The number of aromatic hydroxyl groups is 1. The predicted molar refractivity (Wildman–Crippen MR) is 152 cm³/mol. The van der Waals surface area contributed by atoms with Crippen LogP contribution < -0.4 is 0 Å². The average molecular weight is 562 g/mol. The molecule has 3 aliphatic carbocycles. The molecule has 1 aliphatic heterocycles. The Morgan fingerprint density at radius 2 is 1.55 bits per heavy atom. The van der Waals surface area contributed by atoms with E-state index < -0.39 is 46.6 Å². The van der Waals surface area contributed by atoms with E-state index in [4.69, 9.17) is 0 Å². The first-order valence-electron chi connectivity index (χ1n) is 14.2. The van der Waals surface area contributed by atoms with Gasteiger partial charge in [0.15, 0.2) is 23.1 Å². The number of rotatable bonds is 3. The van der Waals surface area contributed by atoms with E-state index in [1.165, 1.54) is 19.2 Å². The monoisotopic (exact) mass is 561 g/mol. The molecule has 0 radical (unpaired) electrons. The number of phenols is 1. The van der Waals surface area contributed by atoms with Crippen molar-refractivity contribution in [3.8, 4) is 5.75 Å². The molecule has 0 spiro atoms. The van der Waals surface area contributed by atoms with Crippen molar-refractivity contribution in [2.24, 2.45) is 23.7 Å². The Balaban J connectivity index is 1.54. The molecule has 6 nitrogen and oxygen atoms in total. The van der Waals surface area contributed by atoms with Crippen LogP contribution in [0.4, 0.5) is 4.39 Å². The summed E-state index contributed by atoms with van der Waals surface area (Å²) >= 11 is 0. The molecular weight excluding hydrogens is 533 g/mol. The molecule has 42 heavy (non-hydrogen) atoms. The molecule has 210 valence electrons. The van der Waals surface area contributed by atoms with Crippen LogP contribution in [-0.2, 0) is 24.6 Å².